The van der Waals surface area contributed by atoms with Crippen LogP contribution >= 0.6 is 0 Å². The van der Waals surface area contributed by atoms with E-state index in [2.05, 4.69) is 18.2 Å². The summed E-state index contributed by atoms with van der Waals surface area (Å²) in [6.45, 7) is 6.03. The molecule has 1 nitrogen and oxygen atoms in total. The summed E-state index contributed by atoms with van der Waals surface area (Å²) in [6.07, 6.45) is 4.98. The molecule has 1 aliphatic heterocycles. The summed E-state index contributed by atoms with van der Waals surface area (Å²) < 4.78 is 0. The molecule has 0 aromatic carbocycles. The molecule has 8 heavy (non-hydrogen) atoms. The minimum atomic E-state index is 1.23. The third-order valence-electron chi connectivity index (χ3n) is 1.75. The van der Waals surface area contributed by atoms with Crippen LogP contribution in [0.4, 0.5) is 0 Å². The standard InChI is InChI=1S/C7H14N/c1-2-8-6-4-3-5-7-8/h3H,2,4-7H2,1H3. The van der Waals surface area contributed by atoms with Gasteiger partial charge >= 0.3 is 0 Å². The second-order valence-corrected chi connectivity index (χ2v) is 2.30. The van der Waals surface area contributed by atoms with Crippen molar-refractivity contribution < 1.29 is 0 Å². The van der Waals surface area contributed by atoms with Crippen molar-refractivity contribution in [3.05, 3.63) is 6.42 Å². The van der Waals surface area contributed by atoms with E-state index in [0.29, 0.717) is 0 Å². The summed E-state index contributed by atoms with van der Waals surface area (Å²) in [7, 11) is 0. The van der Waals surface area contributed by atoms with E-state index in [-0.39, 0.29) is 0 Å². The lowest BCUT2D eigenvalue weighted by molar-refractivity contribution is 0.267. The summed E-state index contributed by atoms with van der Waals surface area (Å²) in [5, 5.41) is 0. The summed E-state index contributed by atoms with van der Waals surface area (Å²) in [5.74, 6) is 0. The quantitative estimate of drug-likeness (QED) is 0.494. The molecular weight excluding hydrogens is 98.1 g/mol. The zero-order valence-corrected chi connectivity index (χ0v) is 5.56. The van der Waals surface area contributed by atoms with Crippen LogP contribution in [0.2, 0.25) is 0 Å². The molecule has 0 aliphatic carbocycles. The SMILES string of the molecule is CCN1CC[CH]CC1. The smallest absolute Gasteiger partial charge is 0.00161 e. The molecule has 0 bridgehead atoms. The monoisotopic (exact) mass is 112 g/mol. The first-order valence-electron chi connectivity index (χ1n) is 3.47. The molecule has 0 spiro atoms. The maximum atomic E-state index is 2.49. The molecule has 0 N–H and O–H groups in total. The van der Waals surface area contributed by atoms with E-state index in [1.54, 1.807) is 0 Å². The highest BCUT2D eigenvalue weighted by atomic mass is 15.1. The molecule has 1 rings (SSSR count). The van der Waals surface area contributed by atoms with Crippen molar-refractivity contribution in [2.45, 2.75) is 19.8 Å². The molecule has 0 saturated carbocycles. The van der Waals surface area contributed by atoms with Gasteiger partial charge in [-0.3, -0.25) is 0 Å². The van der Waals surface area contributed by atoms with Gasteiger partial charge in [0.1, 0.15) is 0 Å². The van der Waals surface area contributed by atoms with Crippen LogP contribution in [0.25, 0.3) is 0 Å². The van der Waals surface area contributed by atoms with Crippen molar-refractivity contribution in [2.24, 2.45) is 0 Å². The fourth-order valence-corrected chi connectivity index (χ4v) is 1.12. The number of piperidine rings is 1. The van der Waals surface area contributed by atoms with Crippen molar-refractivity contribution in [1.82, 2.24) is 4.90 Å². The van der Waals surface area contributed by atoms with Crippen LogP contribution in [0.15, 0.2) is 0 Å². The third kappa shape index (κ3) is 1.48. The summed E-state index contributed by atoms with van der Waals surface area (Å²) in [5.41, 5.74) is 0. The Kier molecular flexibility index (Phi) is 2.34. The maximum Gasteiger partial charge on any atom is -0.00161 e. The van der Waals surface area contributed by atoms with E-state index < -0.39 is 0 Å². The largest absolute Gasteiger partial charge is 0.304 e. The Morgan fingerprint density at radius 1 is 1.38 bits per heavy atom. The summed E-state index contributed by atoms with van der Waals surface area (Å²) in [6, 6.07) is 0. The molecule has 0 aromatic rings. The van der Waals surface area contributed by atoms with Crippen molar-refractivity contribution in [2.75, 3.05) is 19.6 Å². The van der Waals surface area contributed by atoms with Gasteiger partial charge in [0.2, 0.25) is 0 Å². The minimum Gasteiger partial charge on any atom is -0.304 e. The Balaban J connectivity index is 2.13. The van der Waals surface area contributed by atoms with E-state index in [1.165, 1.54) is 32.5 Å². The second-order valence-electron chi connectivity index (χ2n) is 2.30. The number of hydrogen-bond donors (Lipinski definition) is 0. The van der Waals surface area contributed by atoms with E-state index in [9.17, 15) is 0 Å². The van der Waals surface area contributed by atoms with E-state index in [0.717, 1.165) is 0 Å². The molecular formula is C7H14N. The Morgan fingerprint density at radius 2 is 2.00 bits per heavy atom. The Morgan fingerprint density at radius 3 is 2.38 bits per heavy atom. The van der Waals surface area contributed by atoms with E-state index in [1.807, 2.05) is 0 Å². The first kappa shape index (κ1) is 6.09. The van der Waals surface area contributed by atoms with Crippen LogP contribution < -0.4 is 0 Å². The van der Waals surface area contributed by atoms with Gasteiger partial charge in [-0.1, -0.05) is 6.92 Å². The van der Waals surface area contributed by atoms with Crippen molar-refractivity contribution in [1.29, 1.82) is 0 Å². The Bertz CT molecular complexity index is 55.4. The fraction of sp³-hybridized carbons (Fsp3) is 0.857. The lowest BCUT2D eigenvalue weighted by Gasteiger charge is -2.24. The van der Waals surface area contributed by atoms with E-state index in [4.69, 9.17) is 0 Å². The van der Waals surface area contributed by atoms with Crippen molar-refractivity contribution in [3.63, 3.8) is 0 Å². The normalized spacial score (nSPS) is 23.6. The lowest BCUT2D eigenvalue weighted by Crippen LogP contribution is -2.29. The fourth-order valence-electron chi connectivity index (χ4n) is 1.12. The second kappa shape index (κ2) is 3.08. The molecule has 0 amide bonds. The Labute approximate surface area is 51.7 Å². The van der Waals surface area contributed by atoms with Gasteiger partial charge in [-0.2, -0.15) is 0 Å². The van der Waals surface area contributed by atoms with Gasteiger partial charge in [0.25, 0.3) is 0 Å². The molecule has 1 heterocycles. The molecule has 0 atom stereocenters. The van der Waals surface area contributed by atoms with Crippen LogP contribution in [0.3, 0.4) is 0 Å². The van der Waals surface area contributed by atoms with Crippen molar-refractivity contribution in [3.8, 4) is 0 Å². The predicted octanol–water partition coefficient (Wildman–Crippen LogP) is 1.31. The average Bonchev–Trinajstić information content (AvgIpc) is 1.90. The predicted molar refractivity (Wildman–Crippen MR) is 35.6 cm³/mol. The van der Waals surface area contributed by atoms with Gasteiger partial charge in [0.15, 0.2) is 0 Å². The average molecular weight is 112 g/mol. The molecule has 1 fully saturated rings. The first-order chi connectivity index (χ1) is 3.93. The number of likely N-dealkylation sites (tertiary alicyclic amines) is 1. The van der Waals surface area contributed by atoms with Crippen LogP contribution in [0, 0.1) is 6.42 Å². The van der Waals surface area contributed by atoms with Crippen LogP contribution in [-0.4, -0.2) is 24.5 Å². The molecule has 1 heteroatoms. The zero-order chi connectivity index (χ0) is 5.82. The maximum absolute atomic E-state index is 2.49. The molecule has 0 aromatic heterocycles. The van der Waals surface area contributed by atoms with Crippen LogP contribution in [0.5, 0.6) is 0 Å². The zero-order valence-electron chi connectivity index (χ0n) is 5.56. The van der Waals surface area contributed by atoms with Gasteiger partial charge in [-0.05, 0) is 38.9 Å². The topological polar surface area (TPSA) is 3.24 Å². The van der Waals surface area contributed by atoms with Gasteiger partial charge in [-0.15, -0.1) is 0 Å². The molecule has 1 saturated heterocycles. The lowest BCUT2D eigenvalue weighted by atomic mass is 10.1. The van der Waals surface area contributed by atoms with Gasteiger partial charge in [0, 0.05) is 0 Å². The highest BCUT2D eigenvalue weighted by molar-refractivity contribution is 4.75. The molecule has 1 aliphatic rings. The van der Waals surface area contributed by atoms with Gasteiger partial charge < -0.3 is 4.90 Å². The highest BCUT2D eigenvalue weighted by Crippen LogP contribution is 2.05. The molecule has 1 radical (unpaired) electrons. The molecule has 0 unspecified atom stereocenters. The Hall–Kier alpha value is -0.0400. The van der Waals surface area contributed by atoms with Gasteiger partial charge in [-0.25, -0.2) is 0 Å². The van der Waals surface area contributed by atoms with Gasteiger partial charge in [0.05, 0.1) is 0 Å². The number of rotatable bonds is 1. The van der Waals surface area contributed by atoms with Crippen LogP contribution in [0.1, 0.15) is 19.8 Å². The summed E-state index contributed by atoms with van der Waals surface area (Å²) in [4.78, 5) is 2.49. The van der Waals surface area contributed by atoms with E-state index >= 15 is 0 Å². The highest BCUT2D eigenvalue weighted by Gasteiger charge is 2.05. The third-order valence-corrected chi connectivity index (χ3v) is 1.75. The minimum absolute atomic E-state index is 1.23. The first-order valence-corrected chi connectivity index (χ1v) is 3.47. The number of nitrogens with zero attached hydrogens (tertiary/aromatic N) is 1. The van der Waals surface area contributed by atoms with Crippen molar-refractivity contribution >= 4 is 0 Å². The van der Waals surface area contributed by atoms with Crippen LogP contribution in [-0.2, 0) is 0 Å². The number of hydrogen-bond acceptors (Lipinski definition) is 1. The summed E-state index contributed by atoms with van der Waals surface area (Å²) >= 11 is 0. The molecule has 47 valence electrons.